The highest BCUT2D eigenvalue weighted by Gasteiger charge is 2.34. The molecule has 0 aromatic heterocycles. The van der Waals surface area contributed by atoms with Crippen LogP contribution in [0.25, 0.3) is 0 Å². The molecular formula is C8H16N2O3S. The second kappa shape index (κ2) is 4.27. The predicted molar refractivity (Wildman–Crippen MR) is 53.0 cm³/mol. The Morgan fingerprint density at radius 2 is 2.21 bits per heavy atom. The third-order valence-corrected chi connectivity index (χ3v) is 4.29. The van der Waals surface area contributed by atoms with Crippen LogP contribution in [-0.2, 0) is 14.8 Å². The molecule has 14 heavy (non-hydrogen) atoms. The predicted octanol–water partition coefficient (Wildman–Crippen LogP) is -0.324. The van der Waals surface area contributed by atoms with Crippen molar-refractivity contribution in [3.63, 3.8) is 0 Å². The maximum absolute atomic E-state index is 11.6. The lowest BCUT2D eigenvalue weighted by Crippen LogP contribution is -2.47. The van der Waals surface area contributed by atoms with Gasteiger partial charge < -0.3 is 5.73 Å². The highest BCUT2D eigenvalue weighted by Crippen LogP contribution is 2.19. The first kappa shape index (κ1) is 11.5. The zero-order valence-electron chi connectivity index (χ0n) is 8.27. The molecule has 0 aromatic carbocycles. The zero-order valence-corrected chi connectivity index (χ0v) is 9.09. The van der Waals surface area contributed by atoms with E-state index in [1.165, 1.54) is 0 Å². The molecule has 82 valence electrons. The third-order valence-electron chi connectivity index (χ3n) is 2.32. The van der Waals surface area contributed by atoms with Crippen LogP contribution in [0.5, 0.6) is 0 Å². The fraction of sp³-hybridized carbons (Fsp3) is 0.875. The molecule has 1 aliphatic heterocycles. The van der Waals surface area contributed by atoms with E-state index < -0.39 is 10.0 Å². The van der Waals surface area contributed by atoms with Gasteiger partial charge in [0.1, 0.15) is 0 Å². The van der Waals surface area contributed by atoms with Gasteiger partial charge in [0.25, 0.3) is 0 Å². The number of hydrogen-bond donors (Lipinski definition) is 1. The van der Waals surface area contributed by atoms with Gasteiger partial charge in [-0.3, -0.25) is 4.79 Å². The van der Waals surface area contributed by atoms with Crippen molar-refractivity contribution >= 4 is 15.9 Å². The average Bonchev–Trinajstić information content (AvgIpc) is 2.02. The number of rotatable bonds is 3. The number of carbonyl (C=O) groups excluding carboxylic acids is 1. The van der Waals surface area contributed by atoms with Gasteiger partial charge in [-0.05, 0) is 26.3 Å². The lowest BCUT2D eigenvalue weighted by Gasteiger charge is -2.31. The summed E-state index contributed by atoms with van der Waals surface area (Å²) in [5.41, 5.74) is 5.34. The lowest BCUT2D eigenvalue weighted by atomic mass is 10.2. The van der Waals surface area contributed by atoms with Gasteiger partial charge in [-0.15, -0.1) is 0 Å². The zero-order chi connectivity index (χ0) is 10.8. The van der Waals surface area contributed by atoms with Crippen LogP contribution in [-0.4, -0.2) is 37.0 Å². The number of carbonyl (C=O) groups is 1. The SMILES string of the molecule is CC(CCN)N1C(=O)CCCS1(=O)=O. The quantitative estimate of drug-likeness (QED) is 0.706. The Labute approximate surface area is 84.3 Å². The number of hydrogen-bond acceptors (Lipinski definition) is 4. The Bertz CT molecular complexity index is 313. The van der Waals surface area contributed by atoms with E-state index in [0.717, 1.165) is 4.31 Å². The molecule has 2 N–H and O–H groups in total. The van der Waals surface area contributed by atoms with E-state index in [0.29, 0.717) is 25.8 Å². The van der Waals surface area contributed by atoms with Gasteiger partial charge >= 0.3 is 0 Å². The first-order valence-electron chi connectivity index (χ1n) is 4.74. The molecular weight excluding hydrogens is 204 g/mol. The minimum atomic E-state index is -3.37. The van der Waals surface area contributed by atoms with Gasteiger partial charge in [-0.1, -0.05) is 0 Å². The van der Waals surface area contributed by atoms with Crippen molar-refractivity contribution in [1.29, 1.82) is 0 Å². The molecule has 1 heterocycles. The summed E-state index contributed by atoms with van der Waals surface area (Å²) in [6, 6.07) is -0.308. The van der Waals surface area contributed by atoms with Crippen LogP contribution in [0.1, 0.15) is 26.2 Å². The number of nitrogens with zero attached hydrogens (tertiary/aromatic N) is 1. The Kier molecular flexibility index (Phi) is 3.49. The third kappa shape index (κ3) is 2.24. The van der Waals surface area contributed by atoms with E-state index in [9.17, 15) is 13.2 Å². The van der Waals surface area contributed by atoms with Crippen molar-refractivity contribution < 1.29 is 13.2 Å². The molecule has 0 aromatic rings. The van der Waals surface area contributed by atoms with Gasteiger partial charge in [-0.25, -0.2) is 12.7 Å². The van der Waals surface area contributed by atoms with Gasteiger partial charge in [0.05, 0.1) is 5.75 Å². The Morgan fingerprint density at radius 3 is 2.71 bits per heavy atom. The maximum atomic E-state index is 11.6. The fourth-order valence-corrected chi connectivity index (χ4v) is 3.41. The van der Waals surface area contributed by atoms with Crippen LogP contribution in [0.4, 0.5) is 0 Å². The fourth-order valence-electron chi connectivity index (χ4n) is 1.65. The number of sulfonamides is 1. The standard InChI is InChI=1S/C8H16N2O3S/c1-7(4-5-9)10-8(11)3-2-6-14(10,12)13/h7H,2-6,9H2,1H3. The molecule has 0 spiro atoms. The summed E-state index contributed by atoms with van der Waals surface area (Å²) in [6.45, 7) is 2.11. The largest absolute Gasteiger partial charge is 0.330 e. The molecule has 1 aliphatic rings. The molecule has 0 radical (unpaired) electrons. The van der Waals surface area contributed by atoms with Crippen LogP contribution in [0, 0.1) is 0 Å². The molecule has 1 atom stereocenters. The molecule has 1 unspecified atom stereocenters. The summed E-state index contributed by atoms with van der Waals surface area (Å²) >= 11 is 0. The van der Waals surface area contributed by atoms with Crippen molar-refractivity contribution in [2.45, 2.75) is 32.2 Å². The summed E-state index contributed by atoms with van der Waals surface area (Å²) in [7, 11) is -3.37. The van der Waals surface area contributed by atoms with Crippen LogP contribution in [0.3, 0.4) is 0 Å². The van der Waals surface area contributed by atoms with E-state index in [4.69, 9.17) is 5.73 Å². The topological polar surface area (TPSA) is 80.5 Å². The molecule has 1 saturated heterocycles. The summed E-state index contributed by atoms with van der Waals surface area (Å²) in [6.07, 6.45) is 1.28. The summed E-state index contributed by atoms with van der Waals surface area (Å²) in [5.74, 6) is -0.217. The van der Waals surface area contributed by atoms with Crippen molar-refractivity contribution in [2.24, 2.45) is 5.73 Å². The first-order chi connectivity index (χ1) is 6.49. The van der Waals surface area contributed by atoms with E-state index in [2.05, 4.69) is 0 Å². The van der Waals surface area contributed by atoms with E-state index in [-0.39, 0.29) is 17.7 Å². The minimum Gasteiger partial charge on any atom is -0.330 e. The van der Waals surface area contributed by atoms with Crippen LogP contribution in [0.2, 0.25) is 0 Å². The van der Waals surface area contributed by atoms with E-state index in [1.54, 1.807) is 6.92 Å². The van der Waals surface area contributed by atoms with E-state index >= 15 is 0 Å². The molecule has 1 fully saturated rings. The summed E-state index contributed by atoms with van der Waals surface area (Å²) < 4.78 is 24.1. The summed E-state index contributed by atoms with van der Waals surface area (Å²) in [4.78, 5) is 11.4. The van der Waals surface area contributed by atoms with Crippen molar-refractivity contribution in [1.82, 2.24) is 4.31 Å². The maximum Gasteiger partial charge on any atom is 0.237 e. The van der Waals surface area contributed by atoms with E-state index in [1.807, 2.05) is 0 Å². The van der Waals surface area contributed by atoms with Crippen molar-refractivity contribution in [3.05, 3.63) is 0 Å². The second-order valence-corrected chi connectivity index (χ2v) is 5.50. The Balaban J connectivity index is 2.85. The molecule has 0 aliphatic carbocycles. The van der Waals surface area contributed by atoms with Crippen molar-refractivity contribution in [3.8, 4) is 0 Å². The molecule has 1 amide bonds. The molecule has 0 bridgehead atoms. The first-order valence-corrected chi connectivity index (χ1v) is 6.35. The van der Waals surface area contributed by atoms with Gasteiger partial charge in [0.2, 0.25) is 15.9 Å². The molecule has 0 saturated carbocycles. The lowest BCUT2D eigenvalue weighted by molar-refractivity contribution is -0.128. The van der Waals surface area contributed by atoms with Gasteiger partial charge in [0.15, 0.2) is 0 Å². The van der Waals surface area contributed by atoms with Crippen LogP contribution >= 0.6 is 0 Å². The highest BCUT2D eigenvalue weighted by molar-refractivity contribution is 7.89. The van der Waals surface area contributed by atoms with Crippen LogP contribution in [0.15, 0.2) is 0 Å². The molecule has 5 nitrogen and oxygen atoms in total. The number of amides is 1. The average molecular weight is 220 g/mol. The Hall–Kier alpha value is -0.620. The Morgan fingerprint density at radius 1 is 1.57 bits per heavy atom. The van der Waals surface area contributed by atoms with Crippen LogP contribution < -0.4 is 5.73 Å². The smallest absolute Gasteiger partial charge is 0.237 e. The minimum absolute atomic E-state index is 0.0770. The summed E-state index contributed by atoms with van der Waals surface area (Å²) in [5, 5.41) is 0. The van der Waals surface area contributed by atoms with Gasteiger partial charge in [-0.2, -0.15) is 0 Å². The highest BCUT2D eigenvalue weighted by atomic mass is 32.2. The molecule has 6 heteroatoms. The number of nitrogens with two attached hydrogens (primary N) is 1. The molecule has 1 rings (SSSR count). The normalized spacial score (nSPS) is 23.6. The van der Waals surface area contributed by atoms with Gasteiger partial charge in [0, 0.05) is 12.5 Å². The van der Waals surface area contributed by atoms with Crippen molar-refractivity contribution in [2.75, 3.05) is 12.3 Å². The monoisotopic (exact) mass is 220 g/mol. The second-order valence-electron chi connectivity index (χ2n) is 3.54.